The van der Waals surface area contributed by atoms with Crippen molar-refractivity contribution in [2.45, 2.75) is 24.6 Å². The van der Waals surface area contributed by atoms with Crippen LogP contribution in [0.3, 0.4) is 0 Å². The number of hydrogen-bond acceptors (Lipinski definition) is 3. The third-order valence-electron chi connectivity index (χ3n) is 3.32. The molecule has 3 N–H and O–H groups in total. The summed E-state index contributed by atoms with van der Waals surface area (Å²) < 4.78 is 84.9. The second-order valence-corrected chi connectivity index (χ2v) is 4.99. The lowest BCUT2D eigenvalue weighted by atomic mass is 10.1. The van der Waals surface area contributed by atoms with E-state index in [1.165, 1.54) is 24.4 Å². The summed E-state index contributed by atoms with van der Waals surface area (Å²) in [6.45, 7) is -0.792. The number of aromatic nitrogens is 1. The van der Waals surface area contributed by atoms with Crippen LogP contribution in [0.25, 0.3) is 0 Å². The van der Waals surface area contributed by atoms with Crippen molar-refractivity contribution in [3.05, 3.63) is 54.2 Å². The second kappa shape index (κ2) is 6.75. The number of pyridine rings is 1. The molecule has 0 bridgehead atoms. The summed E-state index contributed by atoms with van der Waals surface area (Å²) in [7, 11) is 0. The summed E-state index contributed by atoms with van der Waals surface area (Å²) in [6.07, 6.45) is -8.45. The molecule has 2 aromatic heterocycles. The van der Waals surface area contributed by atoms with Gasteiger partial charge in [-0.05, 0) is 24.3 Å². The predicted molar refractivity (Wildman–Crippen MR) is 70.9 cm³/mol. The van der Waals surface area contributed by atoms with Crippen molar-refractivity contribution in [3.63, 3.8) is 0 Å². The number of amides is 1. The van der Waals surface area contributed by atoms with Gasteiger partial charge in [-0.2, -0.15) is 26.3 Å². The van der Waals surface area contributed by atoms with Crippen molar-refractivity contribution in [1.29, 1.82) is 0 Å². The van der Waals surface area contributed by atoms with Gasteiger partial charge in [0.05, 0.1) is 11.8 Å². The molecule has 0 atom stereocenters. The predicted octanol–water partition coefficient (Wildman–Crippen LogP) is 1.99. The molecule has 0 fully saturated rings. The van der Waals surface area contributed by atoms with Crippen molar-refractivity contribution in [3.8, 4) is 0 Å². The Kier molecular flexibility index (Phi) is 5.07. The maximum atomic E-state index is 13.4. The second-order valence-electron chi connectivity index (χ2n) is 4.99. The number of hydrogen-bond donors (Lipinski definition) is 2. The van der Waals surface area contributed by atoms with Gasteiger partial charge in [-0.3, -0.25) is 15.1 Å². The van der Waals surface area contributed by atoms with Crippen molar-refractivity contribution >= 4 is 5.91 Å². The van der Waals surface area contributed by atoms with Crippen LogP contribution in [-0.4, -0.2) is 28.9 Å². The highest BCUT2D eigenvalue weighted by atomic mass is 19.4. The molecule has 1 amide bonds. The average molecular weight is 368 g/mol. The molecule has 0 unspecified atom stereocenters. The zero-order valence-electron chi connectivity index (χ0n) is 12.4. The largest absolute Gasteiger partial charge is 0.475 e. The summed E-state index contributed by atoms with van der Waals surface area (Å²) >= 11 is 0. The van der Waals surface area contributed by atoms with Gasteiger partial charge in [0.2, 0.25) is 0 Å². The molecule has 0 spiro atoms. The van der Waals surface area contributed by atoms with Crippen LogP contribution in [0, 0.1) is 0 Å². The van der Waals surface area contributed by atoms with Crippen molar-refractivity contribution < 1.29 is 40.9 Å². The first kappa shape index (κ1) is 18.8. The van der Waals surface area contributed by atoms with Crippen LogP contribution in [0.2, 0.25) is 0 Å². The van der Waals surface area contributed by atoms with Crippen molar-refractivity contribution in [1.82, 2.24) is 10.3 Å². The third-order valence-corrected chi connectivity index (χ3v) is 3.32. The minimum Gasteiger partial charge on any atom is -0.463 e. The average Bonchev–Trinajstić information content (AvgIpc) is 3.03. The molecule has 2 aromatic rings. The topological polar surface area (TPSA) is 71.7 Å². The van der Waals surface area contributed by atoms with E-state index in [2.05, 4.69) is 4.98 Å². The van der Waals surface area contributed by atoms with Crippen LogP contribution in [0.5, 0.6) is 0 Å². The van der Waals surface area contributed by atoms with Gasteiger partial charge in [0.25, 0.3) is 5.91 Å². The highest BCUT2D eigenvalue weighted by Gasteiger charge is 2.76. The smallest absolute Gasteiger partial charge is 0.463 e. The van der Waals surface area contributed by atoms with Gasteiger partial charge in [-0.15, -0.1) is 0 Å². The maximum Gasteiger partial charge on any atom is 0.475 e. The van der Waals surface area contributed by atoms with E-state index in [4.69, 9.17) is 4.42 Å². The Balaban J connectivity index is 2.37. The van der Waals surface area contributed by atoms with Crippen LogP contribution in [0.1, 0.15) is 16.1 Å². The zero-order chi connectivity index (χ0) is 18.7. The number of nitrogens with two attached hydrogens (primary N) is 1. The Labute approximate surface area is 137 Å². The molecule has 0 saturated heterocycles. The number of nitrogens with one attached hydrogen (secondary N) is 1. The Bertz CT molecular complexity index is 684. The molecular formula is C14H12F6N3O2+. The van der Waals surface area contributed by atoms with Crippen molar-refractivity contribution in [2.75, 3.05) is 0 Å². The van der Waals surface area contributed by atoms with E-state index in [0.29, 0.717) is 0 Å². The highest BCUT2D eigenvalue weighted by molar-refractivity contribution is 5.94. The number of nitrogens with zero attached hydrogens (tertiary/aromatic N) is 1. The fraction of sp³-hybridized carbons (Fsp3) is 0.286. The normalized spacial score (nSPS) is 12.9. The SMILES string of the molecule is O=C(NC([NH2+]Cc1ccco1)(C(F)(F)F)C(F)(F)F)c1cccnc1. The number of alkyl halides is 6. The Morgan fingerprint density at radius 2 is 1.80 bits per heavy atom. The number of quaternary nitrogens is 1. The van der Waals surface area contributed by atoms with Gasteiger partial charge in [-0.1, -0.05) is 0 Å². The molecule has 0 aliphatic rings. The van der Waals surface area contributed by atoms with Gasteiger partial charge in [0, 0.05) is 12.4 Å². The van der Waals surface area contributed by atoms with E-state index in [-0.39, 0.29) is 11.1 Å². The quantitative estimate of drug-likeness (QED) is 0.626. The lowest BCUT2D eigenvalue weighted by Crippen LogP contribution is -3.07. The fourth-order valence-electron chi connectivity index (χ4n) is 2.02. The van der Waals surface area contributed by atoms with Crippen LogP contribution < -0.4 is 10.6 Å². The number of furan rings is 1. The summed E-state index contributed by atoms with van der Waals surface area (Å²) in [5, 5.41) is 0.994. The minimum atomic E-state index is -5.82. The molecule has 11 heteroatoms. The van der Waals surface area contributed by atoms with E-state index in [9.17, 15) is 31.1 Å². The van der Waals surface area contributed by atoms with E-state index in [1.54, 1.807) is 0 Å². The van der Waals surface area contributed by atoms with Crippen LogP contribution >= 0.6 is 0 Å². The monoisotopic (exact) mass is 368 g/mol. The van der Waals surface area contributed by atoms with E-state index < -0.39 is 36.0 Å². The summed E-state index contributed by atoms with van der Waals surface area (Å²) in [6, 6.07) is 4.80. The molecule has 2 heterocycles. The first-order valence-electron chi connectivity index (χ1n) is 6.79. The Morgan fingerprint density at radius 3 is 2.28 bits per heavy atom. The van der Waals surface area contributed by atoms with Gasteiger partial charge >= 0.3 is 18.0 Å². The molecule has 0 aliphatic heterocycles. The number of carbonyl (C=O) groups excluding carboxylic acids is 1. The van der Waals surface area contributed by atoms with Crippen molar-refractivity contribution in [2.24, 2.45) is 0 Å². The maximum absolute atomic E-state index is 13.4. The molecular weight excluding hydrogens is 356 g/mol. The molecule has 2 rings (SSSR count). The number of carbonyl (C=O) groups is 1. The first-order valence-corrected chi connectivity index (χ1v) is 6.79. The fourth-order valence-corrected chi connectivity index (χ4v) is 2.02. The lowest BCUT2D eigenvalue weighted by Gasteiger charge is -2.34. The van der Waals surface area contributed by atoms with E-state index in [1.807, 2.05) is 0 Å². The molecule has 0 radical (unpaired) electrons. The Hall–Kier alpha value is -2.56. The molecule has 0 saturated carbocycles. The Morgan fingerprint density at radius 1 is 1.12 bits per heavy atom. The number of rotatable bonds is 5. The van der Waals surface area contributed by atoms with Gasteiger partial charge in [-0.25, -0.2) is 0 Å². The third kappa shape index (κ3) is 3.92. The number of halogens is 6. The molecule has 0 aromatic carbocycles. The lowest BCUT2D eigenvalue weighted by molar-refractivity contribution is -0.797. The van der Waals surface area contributed by atoms with Gasteiger partial charge in [0.15, 0.2) is 5.76 Å². The molecule has 136 valence electrons. The minimum absolute atomic E-state index is 0.0693. The van der Waals surface area contributed by atoms with E-state index in [0.717, 1.165) is 23.8 Å². The van der Waals surface area contributed by atoms with Crippen LogP contribution in [-0.2, 0) is 6.54 Å². The zero-order valence-corrected chi connectivity index (χ0v) is 12.4. The molecule has 0 aliphatic carbocycles. The van der Waals surface area contributed by atoms with Gasteiger partial charge < -0.3 is 9.73 Å². The summed E-state index contributed by atoms with van der Waals surface area (Å²) in [4.78, 5) is 15.4. The van der Waals surface area contributed by atoms with Crippen LogP contribution in [0.15, 0.2) is 47.3 Å². The summed E-state index contributed by atoms with van der Waals surface area (Å²) in [5.41, 5.74) is -4.98. The highest BCUT2D eigenvalue weighted by Crippen LogP contribution is 2.38. The first-order chi connectivity index (χ1) is 11.6. The standard InChI is InChI=1S/C14H11F6N3O2/c15-13(16,17)12(14(18,19)20,22-8-10-4-2-6-25-10)23-11(24)9-3-1-5-21-7-9/h1-7,22H,8H2,(H,23,24)/p+1. The molecule has 5 nitrogen and oxygen atoms in total. The summed E-state index contributed by atoms with van der Waals surface area (Å²) in [5.74, 6) is -1.67. The van der Waals surface area contributed by atoms with E-state index >= 15 is 0 Å². The van der Waals surface area contributed by atoms with Crippen LogP contribution in [0.4, 0.5) is 26.3 Å². The molecule has 25 heavy (non-hydrogen) atoms. The van der Waals surface area contributed by atoms with Gasteiger partial charge in [0.1, 0.15) is 6.54 Å².